The summed E-state index contributed by atoms with van der Waals surface area (Å²) in [5.74, 6) is 0.694. The van der Waals surface area contributed by atoms with E-state index < -0.39 is 7.82 Å². The van der Waals surface area contributed by atoms with Gasteiger partial charge in [0.2, 0.25) is 0 Å². The zero-order chi connectivity index (χ0) is 17.0. The predicted octanol–water partition coefficient (Wildman–Crippen LogP) is 6.18. The molecule has 0 aliphatic carbocycles. The molecule has 1 aliphatic rings. The Kier molecular flexibility index (Phi) is 3.96. The number of phosphoric acid groups is 1. The molecule has 0 fully saturated rings. The van der Waals surface area contributed by atoms with Crippen LogP contribution < -0.4 is 9.05 Å². The van der Waals surface area contributed by atoms with Crippen molar-refractivity contribution in [3.8, 4) is 22.6 Å². The first-order valence-corrected chi connectivity index (χ1v) is 9.38. The summed E-state index contributed by atoms with van der Waals surface area (Å²) in [5, 5.41) is 3.95. The van der Waals surface area contributed by atoms with Crippen molar-refractivity contribution in [2.24, 2.45) is 0 Å². The number of hydrogen-bond donors (Lipinski definition) is 1. The zero-order valence-electron chi connectivity index (χ0n) is 13.5. The average molecular weight is 380 g/mol. The second-order valence-electron chi connectivity index (χ2n) is 5.97. The van der Waals surface area contributed by atoms with Crippen LogP contribution in [0.4, 0.5) is 0 Å². The molecule has 6 heteroatoms. The molecular weight excluding hydrogens is 367 g/mol. The molecule has 4 aromatic rings. The van der Waals surface area contributed by atoms with Gasteiger partial charge >= 0.3 is 7.82 Å². The van der Waals surface area contributed by atoms with E-state index in [0.717, 1.165) is 32.7 Å². The van der Waals surface area contributed by atoms with Crippen LogP contribution in [0.25, 0.3) is 32.7 Å². The Bertz CT molecular complexity index is 1110. The first-order chi connectivity index (χ1) is 12.1. The van der Waals surface area contributed by atoms with Crippen molar-refractivity contribution >= 4 is 42.9 Å². The Balaban J connectivity index is 0.00000168. The monoisotopic (exact) mass is 380 g/mol. The molecule has 1 aliphatic heterocycles. The molecule has 0 unspecified atom stereocenters. The van der Waals surface area contributed by atoms with Gasteiger partial charge in [0.25, 0.3) is 0 Å². The summed E-state index contributed by atoms with van der Waals surface area (Å²) in [4.78, 5) is 10.1. The third-order valence-corrected chi connectivity index (χ3v) is 5.31. The van der Waals surface area contributed by atoms with Crippen molar-refractivity contribution < 1.29 is 18.5 Å². The van der Waals surface area contributed by atoms with E-state index >= 15 is 0 Å². The summed E-state index contributed by atoms with van der Waals surface area (Å²) in [6.45, 7) is 0. The summed E-state index contributed by atoms with van der Waals surface area (Å²) in [6.07, 6.45) is 0. The molecule has 0 spiro atoms. The fourth-order valence-corrected chi connectivity index (χ4v) is 4.28. The van der Waals surface area contributed by atoms with E-state index in [1.54, 1.807) is 12.1 Å². The van der Waals surface area contributed by atoms with Crippen LogP contribution in [0.3, 0.4) is 0 Å². The molecule has 1 heterocycles. The SMILES string of the molecule is O=P1(O)Oc2ccc3ccccc3c2-c2c(ccc3ccccc23)O1.[S]. The van der Waals surface area contributed by atoms with Crippen molar-refractivity contribution in [3.05, 3.63) is 72.8 Å². The predicted molar refractivity (Wildman–Crippen MR) is 106 cm³/mol. The lowest BCUT2D eigenvalue weighted by molar-refractivity contribution is 0.294. The van der Waals surface area contributed by atoms with E-state index in [9.17, 15) is 9.46 Å². The Hall–Kier alpha value is -2.46. The van der Waals surface area contributed by atoms with Gasteiger partial charge in [-0.1, -0.05) is 60.7 Å². The minimum Gasteiger partial charge on any atom is -0.395 e. The maximum Gasteiger partial charge on any atom is 0.584 e. The number of fused-ring (bicyclic) bond motifs is 7. The maximum absolute atomic E-state index is 12.4. The molecule has 0 saturated heterocycles. The highest BCUT2D eigenvalue weighted by Gasteiger charge is 2.33. The highest BCUT2D eigenvalue weighted by atomic mass is 32.1. The third-order valence-electron chi connectivity index (χ3n) is 4.46. The van der Waals surface area contributed by atoms with Gasteiger partial charge in [0.1, 0.15) is 11.5 Å². The molecule has 4 nitrogen and oxygen atoms in total. The first-order valence-electron chi connectivity index (χ1n) is 7.88. The van der Waals surface area contributed by atoms with Gasteiger partial charge < -0.3 is 9.05 Å². The van der Waals surface area contributed by atoms with Gasteiger partial charge in [-0.25, -0.2) is 4.57 Å². The van der Waals surface area contributed by atoms with E-state index in [2.05, 4.69) is 0 Å². The van der Waals surface area contributed by atoms with Gasteiger partial charge in [-0.05, 0) is 33.7 Å². The summed E-state index contributed by atoms with van der Waals surface area (Å²) in [5.41, 5.74) is 1.55. The average Bonchev–Trinajstić information content (AvgIpc) is 2.73. The van der Waals surface area contributed by atoms with Crippen molar-refractivity contribution in [2.75, 3.05) is 0 Å². The number of phosphoric ester groups is 1. The summed E-state index contributed by atoms with van der Waals surface area (Å²) in [7, 11) is -4.25. The summed E-state index contributed by atoms with van der Waals surface area (Å²) in [6, 6.07) is 23.0. The highest BCUT2D eigenvalue weighted by molar-refractivity contribution is 7.59. The Morgan fingerprint density at radius 3 is 1.54 bits per heavy atom. The number of rotatable bonds is 0. The molecule has 1 N–H and O–H groups in total. The van der Waals surface area contributed by atoms with Crippen LogP contribution in [0, 0.1) is 0 Å². The molecule has 5 rings (SSSR count). The zero-order valence-corrected chi connectivity index (χ0v) is 15.2. The second kappa shape index (κ2) is 6.06. The molecule has 0 aromatic heterocycles. The van der Waals surface area contributed by atoms with Gasteiger partial charge in [-0.3, -0.25) is 4.89 Å². The molecule has 0 amide bonds. The Morgan fingerprint density at radius 1 is 0.654 bits per heavy atom. The van der Waals surface area contributed by atoms with Crippen molar-refractivity contribution in [2.45, 2.75) is 0 Å². The fraction of sp³-hybridized carbons (Fsp3) is 0. The van der Waals surface area contributed by atoms with Gasteiger partial charge in [0.05, 0.1) is 0 Å². The van der Waals surface area contributed by atoms with E-state index in [1.165, 1.54) is 0 Å². The fourth-order valence-electron chi connectivity index (χ4n) is 3.44. The molecule has 4 aromatic carbocycles. The molecule has 0 bridgehead atoms. The Labute approximate surface area is 157 Å². The summed E-state index contributed by atoms with van der Waals surface area (Å²) < 4.78 is 23.1. The molecule has 128 valence electrons. The van der Waals surface area contributed by atoms with E-state index in [0.29, 0.717) is 11.5 Å². The second-order valence-corrected chi connectivity index (χ2v) is 7.27. The molecular formula is C20H13O4PS. The van der Waals surface area contributed by atoms with Crippen LogP contribution in [0.1, 0.15) is 0 Å². The van der Waals surface area contributed by atoms with Gasteiger partial charge in [0.15, 0.2) is 0 Å². The van der Waals surface area contributed by atoms with E-state index in [1.807, 2.05) is 60.7 Å². The van der Waals surface area contributed by atoms with Gasteiger partial charge in [0, 0.05) is 24.6 Å². The van der Waals surface area contributed by atoms with E-state index in [-0.39, 0.29) is 13.5 Å². The number of hydrogen-bond acceptors (Lipinski definition) is 3. The van der Waals surface area contributed by atoms with Crippen LogP contribution in [0.15, 0.2) is 72.8 Å². The van der Waals surface area contributed by atoms with Crippen LogP contribution in [0.2, 0.25) is 0 Å². The molecule has 26 heavy (non-hydrogen) atoms. The first kappa shape index (κ1) is 17.0. The number of benzene rings is 4. The maximum atomic E-state index is 12.4. The summed E-state index contributed by atoms with van der Waals surface area (Å²) >= 11 is 0. The lowest BCUT2D eigenvalue weighted by Crippen LogP contribution is -1.97. The highest BCUT2D eigenvalue weighted by Crippen LogP contribution is 2.56. The molecule has 0 saturated carbocycles. The topological polar surface area (TPSA) is 55.8 Å². The largest absolute Gasteiger partial charge is 0.584 e. The van der Waals surface area contributed by atoms with Crippen molar-refractivity contribution in [1.29, 1.82) is 0 Å². The van der Waals surface area contributed by atoms with Crippen LogP contribution in [0.5, 0.6) is 11.5 Å². The smallest absolute Gasteiger partial charge is 0.395 e. The lowest BCUT2D eigenvalue weighted by Gasteiger charge is -2.13. The standard InChI is InChI=1S/C20H13O4P.S/c21-25(22)23-17-11-9-13-5-1-3-7-15(13)19(17)20-16-8-4-2-6-14(16)10-12-18(20)24-25;/h1-12H,(H,21,22);. The van der Waals surface area contributed by atoms with Crippen molar-refractivity contribution in [3.63, 3.8) is 0 Å². The van der Waals surface area contributed by atoms with Crippen LogP contribution in [-0.2, 0) is 4.57 Å². The Morgan fingerprint density at radius 2 is 1.08 bits per heavy atom. The molecule has 0 atom stereocenters. The minimum atomic E-state index is -4.25. The third kappa shape index (κ3) is 2.56. The van der Waals surface area contributed by atoms with Crippen LogP contribution in [-0.4, -0.2) is 4.89 Å². The van der Waals surface area contributed by atoms with E-state index in [4.69, 9.17) is 9.05 Å². The normalized spacial score (nSPS) is 14.3. The quantitative estimate of drug-likeness (QED) is 0.370. The van der Waals surface area contributed by atoms with Crippen molar-refractivity contribution in [1.82, 2.24) is 0 Å². The molecule has 2 radical (unpaired) electrons. The lowest BCUT2D eigenvalue weighted by atomic mass is 9.92. The van der Waals surface area contributed by atoms with Gasteiger partial charge in [-0.15, -0.1) is 0 Å². The van der Waals surface area contributed by atoms with Crippen LogP contribution >= 0.6 is 21.3 Å². The van der Waals surface area contributed by atoms with Gasteiger partial charge in [-0.2, -0.15) is 0 Å². The minimum absolute atomic E-state index is 0.